The molecule has 0 radical (unpaired) electrons. The minimum absolute atomic E-state index is 0.0619. The third-order valence-electron chi connectivity index (χ3n) is 4.42. The molecule has 0 aromatic carbocycles. The molecule has 0 aromatic heterocycles. The van der Waals surface area contributed by atoms with Crippen molar-refractivity contribution < 1.29 is 19.1 Å². The normalized spacial score (nSPS) is 43.6. The first-order valence-electron chi connectivity index (χ1n) is 6.23. The Balaban J connectivity index is 1.70. The van der Waals surface area contributed by atoms with E-state index >= 15 is 0 Å². The molecule has 0 amide bonds. The van der Waals surface area contributed by atoms with E-state index in [2.05, 4.69) is 0 Å². The molecule has 1 aliphatic heterocycles. The summed E-state index contributed by atoms with van der Waals surface area (Å²) in [6, 6.07) is 0. The summed E-state index contributed by atoms with van der Waals surface area (Å²) in [5.41, 5.74) is 5.43. The molecule has 0 spiro atoms. The third kappa shape index (κ3) is 1.48. The van der Waals surface area contributed by atoms with Gasteiger partial charge in [0, 0.05) is 18.4 Å². The van der Waals surface area contributed by atoms with E-state index in [1.807, 2.05) is 0 Å². The average Bonchev–Trinajstić information content (AvgIpc) is 2.92. The Labute approximate surface area is 99.6 Å². The zero-order valence-corrected chi connectivity index (χ0v) is 9.80. The van der Waals surface area contributed by atoms with Gasteiger partial charge in [0.1, 0.15) is 12.2 Å². The maximum absolute atomic E-state index is 11.7. The Kier molecular flexibility index (Phi) is 2.40. The second kappa shape index (κ2) is 3.70. The Morgan fingerprint density at radius 3 is 3.06 bits per heavy atom. The molecule has 3 rings (SSSR count). The lowest BCUT2D eigenvalue weighted by atomic mass is 9.88. The van der Waals surface area contributed by atoms with Gasteiger partial charge in [-0.25, -0.2) is 0 Å². The van der Waals surface area contributed by atoms with Gasteiger partial charge in [-0.1, -0.05) is 6.92 Å². The molecule has 2 saturated carbocycles. The van der Waals surface area contributed by atoms with Crippen molar-refractivity contribution in [2.75, 3.05) is 6.54 Å². The van der Waals surface area contributed by atoms with Crippen LogP contribution >= 0.6 is 0 Å². The number of rotatable bonds is 3. The first kappa shape index (κ1) is 11.0. The summed E-state index contributed by atoms with van der Waals surface area (Å²) in [7, 11) is 0. The van der Waals surface area contributed by atoms with Gasteiger partial charge in [-0.15, -0.1) is 0 Å². The molecule has 6 unspecified atom stereocenters. The fraction of sp³-hybridized carbons (Fsp3) is 0.833. The lowest BCUT2D eigenvalue weighted by Crippen LogP contribution is -2.38. The van der Waals surface area contributed by atoms with Crippen molar-refractivity contribution >= 4 is 11.9 Å². The van der Waals surface area contributed by atoms with Gasteiger partial charge >= 0.3 is 11.9 Å². The molecule has 2 aliphatic carbocycles. The second-order valence-corrected chi connectivity index (χ2v) is 5.44. The summed E-state index contributed by atoms with van der Waals surface area (Å²) in [6.07, 6.45) is 1.34. The number of esters is 2. The number of hydrogen-bond acceptors (Lipinski definition) is 5. The maximum Gasteiger partial charge on any atom is 0.310 e. The molecular weight excluding hydrogens is 222 g/mol. The summed E-state index contributed by atoms with van der Waals surface area (Å²) in [6.45, 7) is 2.03. The molecule has 3 aliphatic rings. The molecule has 6 atom stereocenters. The smallest absolute Gasteiger partial charge is 0.310 e. The van der Waals surface area contributed by atoms with Crippen LogP contribution in [0.1, 0.15) is 19.8 Å². The molecule has 94 valence electrons. The van der Waals surface area contributed by atoms with Crippen molar-refractivity contribution in [2.24, 2.45) is 29.4 Å². The molecule has 1 heterocycles. The van der Waals surface area contributed by atoms with Gasteiger partial charge in [0.05, 0.1) is 11.8 Å². The molecule has 3 fully saturated rings. The number of carbonyl (C=O) groups is 2. The fourth-order valence-electron chi connectivity index (χ4n) is 3.41. The highest BCUT2D eigenvalue weighted by Gasteiger charge is 2.63. The van der Waals surface area contributed by atoms with Crippen LogP contribution in [0.3, 0.4) is 0 Å². The van der Waals surface area contributed by atoms with Crippen LogP contribution in [0.2, 0.25) is 0 Å². The first-order valence-corrected chi connectivity index (χ1v) is 6.23. The Morgan fingerprint density at radius 2 is 2.35 bits per heavy atom. The lowest BCUT2D eigenvalue weighted by Gasteiger charge is -2.26. The topological polar surface area (TPSA) is 78.6 Å². The molecule has 1 saturated heterocycles. The third-order valence-corrected chi connectivity index (χ3v) is 4.42. The van der Waals surface area contributed by atoms with Crippen molar-refractivity contribution in [1.82, 2.24) is 0 Å². The number of hydrogen-bond donors (Lipinski definition) is 1. The second-order valence-electron chi connectivity index (χ2n) is 5.44. The van der Waals surface area contributed by atoms with E-state index in [1.165, 1.54) is 0 Å². The molecule has 0 aromatic rings. The average molecular weight is 239 g/mol. The maximum atomic E-state index is 11.7. The van der Waals surface area contributed by atoms with Gasteiger partial charge in [0.15, 0.2) is 0 Å². The summed E-state index contributed by atoms with van der Waals surface area (Å²) in [5, 5.41) is 0. The fourth-order valence-corrected chi connectivity index (χ4v) is 3.41. The summed E-state index contributed by atoms with van der Waals surface area (Å²) < 4.78 is 10.8. The van der Waals surface area contributed by atoms with Gasteiger partial charge in [-0.05, 0) is 12.8 Å². The van der Waals surface area contributed by atoms with Crippen LogP contribution in [0.15, 0.2) is 0 Å². The van der Waals surface area contributed by atoms with Gasteiger partial charge in [0.2, 0.25) is 0 Å². The number of nitrogens with two attached hydrogens (primary N) is 1. The van der Waals surface area contributed by atoms with Crippen LogP contribution < -0.4 is 5.73 Å². The zero-order valence-electron chi connectivity index (χ0n) is 9.80. The highest BCUT2D eigenvalue weighted by atomic mass is 16.6. The van der Waals surface area contributed by atoms with Gasteiger partial charge in [0.25, 0.3) is 0 Å². The molecule has 2 N–H and O–H groups in total. The van der Waals surface area contributed by atoms with Crippen LogP contribution in [0.25, 0.3) is 0 Å². The van der Waals surface area contributed by atoms with Crippen LogP contribution in [0, 0.1) is 23.7 Å². The highest BCUT2D eigenvalue weighted by Crippen LogP contribution is 2.55. The van der Waals surface area contributed by atoms with E-state index in [0.29, 0.717) is 5.92 Å². The van der Waals surface area contributed by atoms with Crippen molar-refractivity contribution in [2.45, 2.75) is 32.0 Å². The van der Waals surface area contributed by atoms with E-state index in [4.69, 9.17) is 15.2 Å². The number of fused-ring (bicyclic) bond motifs is 1. The van der Waals surface area contributed by atoms with Crippen LogP contribution in [-0.2, 0) is 19.1 Å². The van der Waals surface area contributed by atoms with Gasteiger partial charge < -0.3 is 15.2 Å². The van der Waals surface area contributed by atoms with Crippen molar-refractivity contribution in [3.8, 4) is 0 Å². The van der Waals surface area contributed by atoms with E-state index < -0.39 is 0 Å². The standard InChI is InChI=1S/C12H17NO4/c1-5(4-13)11(14)16-9-6-2-7-8(3-6)12(15)17-10(7)9/h5-10H,2-4,13H2,1H3. The van der Waals surface area contributed by atoms with E-state index in [1.54, 1.807) is 6.92 Å². The molecular formula is C12H17NO4. The van der Waals surface area contributed by atoms with Crippen molar-refractivity contribution in [3.63, 3.8) is 0 Å². The molecule has 17 heavy (non-hydrogen) atoms. The lowest BCUT2D eigenvalue weighted by molar-refractivity contribution is -0.164. The Hall–Kier alpha value is -1.10. The SMILES string of the molecule is CC(CN)C(=O)OC1C2CC3C(=O)OC1C3C2. The molecule has 2 bridgehead atoms. The zero-order chi connectivity index (χ0) is 12.2. The van der Waals surface area contributed by atoms with Crippen molar-refractivity contribution in [3.05, 3.63) is 0 Å². The first-order chi connectivity index (χ1) is 8.11. The van der Waals surface area contributed by atoms with Gasteiger partial charge in [-0.2, -0.15) is 0 Å². The summed E-state index contributed by atoms with van der Waals surface area (Å²) in [5.74, 6) is -0.0276. The minimum Gasteiger partial charge on any atom is -0.458 e. The monoisotopic (exact) mass is 239 g/mol. The van der Waals surface area contributed by atoms with Gasteiger partial charge in [-0.3, -0.25) is 9.59 Å². The largest absolute Gasteiger partial charge is 0.458 e. The number of ether oxygens (including phenoxy) is 2. The Morgan fingerprint density at radius 1 is 1.59 bits per heavy atom. The quantitative estimate of drug-likeness (QED) is 0.705. The predicted molar refractivity (Wildman–Crippen MR) is 57.7 cm³/mol. The summed E-state index contributed by atoms with van der Waals surface area (Å²) in [4.78, 5) is 23.3. The van der Waals surface area contributed by atoms with Crippen LogP contribution in [0.5, 0.6) is 0 Å². The highest BCUT2D eigenvalue weighted by molar-refractivity contribution is 5.77. The summed E-state index contributed by atoms with van der Waals surface area (Å²) >= 11 is 0. The van der Waals surface area contributed by atoms with Crippen molar-refractivity contribution in [1.29, 1.82) is 0 Å². The van der Waals surface area contributed by atoms with E-state index in [9.17, 15) is 9.59 Å². The van der Waals surface area contributed by atoms with E-state index in [-0.39, 0.29) is 48.4 Å². The number of carbonyl (C=O) groups excluding carboxylic acids is 2. The molecule has 5 heteroatoms. The molecule has 5 nitrogen and oxygen atoms in total. The predicted octanol–water partition coefficient (Wildman–Crippen LogP) is 0.0744. The Bertz CT molecular complexity index is 370. The van der Waals surface area contributed by atoms with Crippen LogP contribution in [0.4, 0.5) is 0 Å². The van der Waals surface area contributed by atoms with E-state index in [0.717, 1.165) is 12.8 Å². The minimum atomic E-state index is -0.290. The van der Waals surface area contributed by atoms with Crippen LogP contribution in [-0.4, -0.2) is 30.7 Å².